The van der Waals surface area contributed by atoms with Crippen molar-refractivity contribution < 1.29 is 0 Å². The third-order valence-corrected chi connectivity index (χ3v) is 4.25. The smallest absolute Gasteiger partial charge is 0.0208 e. The number of hydrogen-bond acceptors (Lipinski definition) is 0. The SMILES string of the molecule is CC.CPC1CCCC1C(C)C. The van der Waals surface area contributed by atoms with Crippen LogP contribution in [0.2, 0.25) is 0 Å². The van der Waals surface area contributed by atoms with E-state index in [9.17, 15) is 0 Å². The first-order chi connectivity index (χ1) is 5.75. The fraction of sp³-hybridized carbons (Fsp3) is 1.00. The van der Waals surface area contributed by atoms with Crippen LogP contribution >= 0.6 is 8.58 Å². The molecule has 1 aliphatic rings. The molecule has 0 spiro atoms. The van der Waals surface area contributed by atoms with Gasteiger partial charge in [0.05, 0.1) is 0 Å². The summed E-state index contributed by atoms with van der Waals surface area (Å²) in [6, 6.07) is 0. The largest absolute Gasteiger partial charge is 0.122 e. The fourth-order valence-corrected chi connectivity index (χ4v) is 3.62. The highest BCUT2D eigenvalue weighted by atomic mass is 31.1. The molecule has 0 amide bonds. The molecule has 0 radical (unpaired) electrons. The zero-order chi connectivity index (χ0) is 9.56. The molecule has 3 unspecified atom stereocenters. The summed E-state index contributed by atoms with van der Waals surface area (Å²) in [5.41, 5.74) is 1.08. The van der Waals surface area contributed by atoms with E-state index in [0.29, 0.717) is 0 Å². The Hall–Kier alpha value is 0.430. The summed E-state index contributed by atoms with van der Waals surface area (Å²) in [4.78, 5) is 0. The Morgan fingerprint density at radius 2 is 1.75 bits per heavy atom. The van der Waals surface area contributed by atoms with Crippen LogP contribution in [0.4, 0.5) is 0 Å². The molecule has 0 aliphatic heterocycles. The zero-order valence-electron chi connectivity index (χ0n) is 9.35. The van der Waals surface area contributed by atoms with Crippen molar-refractivity contribution in [3.05, 3.63) is 0 Å². The molecular weight excluding hydrogens is 163 g/mol. The van der Waals surface area contributed by atoms with Gasteiger partial charge >= 0.3 is 0 Å². The maximum absolute atomic E-state index is 2.38. The van der Waals surface area contributed by atoms with E-state index in [1.807, 2.05) is 13.8 Å². The highest BCUT2D eigenvalue weighted by Gasteiger charge is 2.27. The highest BCUT2D eigenvalue weighted by molar-refractivity contribution is 7.37. The van der Waals surface area contributed by atoms with Crippen LogP contribution in [-0.4, -0.2) is 12.3 Å². The first-order valence-corrected chi connectivity index (χ1v) is 7.00. The minimum atomic E-state index is 0.931. The molecule has 12 heavy (non-hydrogen) atoms. The van der Waals surface area contributed by atoms with Crippen molar-refractivity contribution >= 4 is 8.58 Å². The molecule has 1 fully saturated rings. The second-order valence-electron chi connectivity index (χ2n) is 3.73. The van der Waals surface area contributed by atoms with Gasteiger partial charge in [0.2, 0.25) is 0 Å². The third-order valence-electron chi connectivity index (χ3n) is 2.80. The van der Waals surface area contributed by atoms with E-state index >= 15 is 0 Å². The van der Waals surface area contributed by atoms with Crippen LogP contribution in [0, 0.1) is 11.8 Å². The van der Waals surface area contributed by atoms with Crippen LogP contribution in [0.1, 0.15) is 47.0 Å². The standard InChI is InChI=1S/C9H19P.C2H6/c1-7(2)8-5-4-6-9(8)10-3;1-2/h7-10H,4-6H2,1-3H3;1-2H3. The van der Waals surface area contributed by atoms with Gasteiger partial charge in [0.25, 0.3) is 0 Å². The molecule has 0 aromatic heterocycles. The van der Waals surface area contributed by atoms with Gasteiger partial charge in [-0.25, -0.2) is 0 Å². The van der Waals surface area contributed by atoms with Crippen molar-refractivity contribution in [2.24, 2.45) is 11.8 Å². The summed E-state index contributed by atoms with van der Waals surface area (Å²) < 4.78 is 0. The van der Waals surface area contributed by atoms with Gasteiger partial charge < -0.3 is 0 Å². The Balaban J connectivity index is 0.000000561. The molecule has 0 heterocycles. The molecule has 0 nitrogen and oxygen atoms in total. The lowest BCUT2D eigenvalue weighted by atomic mass is 9.94. The van der Waals surface area contributed by atoms with Gasteiger partial charge in [-0.1, -0.05) is 34.1 Å². The van der Waals surface area contributed by atoms with Crippen LogP contribution in [-0.2, 0) is 0 Å². The van der Waals surface area contributed by atoms with Gasteiger partial charge in [-0.2, -0.15) is 0 Å². The van der Waals surface area contributed by atoms with Gasteiger partial charge in [0.1, 0.15) is 0 Å². The molecule has 1 heteroatoms. The average Bonchev–Trinajstić information content (AvgIpc) is 2.55. The summed E-state index contributed by atoms with van der Waals surface area (Å²) in [5, 5.41) is 0. The number of hydrogen-bond donors (Lipinski definition) is 0. The monoisotopic (exact) mass is 188 g/mol. The van der Waals surface area contributed by atoms with E-state index < -0.39 is 0 Å². The summed E-state index contributed by atoms with van der Waals surface area (Å²) in [5.74, 6) is 1.99. The van der Waals surface area contributed by atoms with Crippen molar-refractivity contribution in [1.29, 1.82) is 0 Å². The Bertz CT molecular complexity index is 99.2. The van der Waals surface area contributed by atoms with Crippen molar-refractivity contribution in [2.75, 3.05) is 6.66 Å². The molecule has 0 N–H and O–H groups in total. The van der Waals surface area contributed by atoms with Crippen LogP contribution in [0.25, 0.3) is 0 Å². The Morgan fingerprint density at radius 3 is 2.08 bits per heavy atom. The number of rotatable bonds is 2. The van der Waals surface area contributed by atoms with Crippen molar-refractivity contribution in [3.63, 3.8) is 0 Å². The fourth-order valence-electron chi connectivity index (χ4n) is 2.15. The van der Waals surface area contributed by atoms with Gasteiger partial charge in [-0.15, -0.1) is 8.58 Å². The molecule has 1 rings (SSSR count). The first kappa shape index (κ1) is 12.4. The lowest BCUT2D eigenvalue weighted by molar-refractivity contribution is 0.403. The third kappa shape index (κ3) is 3.44. The normalized spacial score (nSPS) is 29.5. The first-order valence-electron chi connectivity index (χ1n) is 5.43. The predicted molar refractivity (Wildman–Crippen MR) is 61.6 cm³/mol. The van der Waals surface area contributed by atoms with Crippen molar-refractivity contribution in [3.8, 4) is 0 Å². The summed E-state index contributed by atoms with van der Waals surface area (Å²) in [7, 11) is 1.18. The molecule has 0 aromatic carbocycles. The second-order valence-corrected chi connectivity index (χ2v) is 5.05. The summed E-state index contributed by atoms with van der Waals surface area (Å²) >= 11 is 0. The molecule has 0 bridgehead atoms. The van der Waals surface area contributed by atoms with Crippen LogP contribution in [0.5, 0.6) is 0 Å². The lowest BCUT2D eigenvalue weighted by Gasteiger charge is -2.21. The molecular formula is C11H25P. The van der Waals surface area contributed by atoms with Gasteiger partial charge in [-0.05, 0) is 37.0 Å². The van der Waals surface area contributed by atoms with Crippen LogP contribution < -0.4 is 0 Å². The van der Waals surface area contributed by atoms with Crippen molar-refractivity contribution in [2.45, 2.75) is 52.6 Å². The van der Waals surface area contributed by atoms with Crippen LogP contribution in [0.15, 0.2) is 0 Å². The lowest BCUT2D eigenvalue weighted by Crippen LogP contribution is -2.14. The van der Waals surface area contributed by atoms with E-state index in [4.69, 9.17) is 0 Å². The zero-order valence-corrected chi connectivity index (χ0v) is 10.4. The van der Waals surface area contributed by atoms with Gasteiger partial charge in [-0.3, -0.25) is 0 Å². The summed E-state index contributed by atoms with van der Waals surface area (Å²) in [6.07, 6.45) is 4.51. The maximum Gasteiger partial charge on any atom is -0.0208 e. The van der Waals surface area contributed by atoms with Gasteiger partial charge in [0.15, 0.2) is 0 Å². The quantitative estimate of drug-likeness (QED) is 0.571. The molecule has 1 saturated carbocycles. The van der Waals surface area contributed by atoms with E-state index in [1.54, 1.807) is 0 Å². The van der Waals surface area contributed by atoms with Crippen molar-refractivity contribution in [1.82, 2.24) is 0 Å². The van der Waals surface area contributed by atoms with Gasteiger partial charge in [0, 0.05) is 0 Å². The second kappa shape index (κ2) is 6.89. The van der Waals surface area contributed by atoms with E-state index in [0.717, 1.165) is 17.5 Å². The van der Waals surface area contributed by atoms with E-state index in [1.165, 1.54) is 27.8 Å². The summed E-state index contributed by atoms with van der Waals surface area (Å²) in [6.45, 7) is 11.1. The molecule has 0 aromatic rings. The topological polar surface area (TPSA) is 0 Å². The molecule has 74 valence electrons. The Labute approximate surface area is 80.3 Å². The van der Waals surface area contributed by atoms with Crippen LogP contribution in [0.3, 0.4) is 0 Å². The minimum absolute atomic E-state index is 0.931. The van der Waals surface area contributed by atoms with E-state index in [-0.39, 0.29) is 0 Å². The minimum Gasteiger partial charge on any atom is -0.122 e. The maximum atomic E-state index is 2.38. The Morgan fingerprint density at radius 1 is 1.17 bits per heavy atom. The molecule has 0 saturated heterocycles. The highest BCUT2D eigenvalue weighted by Crippen LogP contribution is 2.40. The predicted octanol–water partition coefficient (Wildman–Crippen LogP) is 4.15. The van der Waals surface area contributed by atoms with E-state index in [2.05, 4.69) is 20.5 Å². The molecule has 1 aliphatic carbocycles. The Kier molecular flexibility index (Phi) is 7.14. The molecule has 3 atom stereocenters. The average molecular weight is 188 g/mol.